The molecule has 0 aliphatic carbocycles. The number of amides is 1. The van der Waals surface area contributed by atoms with E-state index >= 15 is 0 Å². The van der Waals surface area contributed by atoms with Gasteiger partial charge in [-0.1, -0.05) is 6.42 Å². The first-order valence-electron chi connectivity index (χ1n) is 7.69. The van der Waals surface area contributed by atoms with Gasteiger partial charge >= 0.3 is 6.09 Å². The van der Waals surface area contributed by atoms with Crippen molar-refractivity contribution in [2.75, 3.05) is 0 Å². The van der Waals surface area contributed by atoms with Crippen LogP contribution in [0.3, 0.4) is 0 Å². The first kappa shape index (κ1) is 17.3. The van der Waals surface area contributed by atoms with Crippen LogP contribution in [-0.2, 0) is 4.74 Å². The minimum absolute atomic E-state index is 0.200. The van der Waals surface area contributed by atoms with Gasteiger partial charge in [0.1, 0.15) is 5.60 Å². The maximum Gasteiger partial charge on any atom is 0.405 e. The summed E-state index contributed by atoms with van der Waals surface area (Å²) >= 11 is 0. The van der Waals surface area contributed by atoms with Crippen LogP contribution < -0.4 is 11.1 Å². The van der Waals surface area contributed by atoms with E-state index in [2.05, 4.69) is 33.0 Å². The number of ether oxygens (including phenoxy) is 1. The van der Waals surface area contributed by atoms with Gasteiger partial charge in [0.05, 0.1) is 0 Å². The van der Waals surface area contributed by atoms with Gasteiger partial charge in [-0.3, -0.25) is 0 Å². The predicted octanol–water partition coefficient (Wildman–Crippen LogP) is 3.59. The van der Waals surface area contributed by atoms with Crippen LogP contribution in [0.25, 0.3) is 0 Å². The lowest BCUT2D eigenvalue weighted by atomic mass is 9.74. The molecule has 1 heterocycles. The van der Waals surface area contributed by atoms with Crippen molar-refractivity contribution in [1.82, 2.24) is 5.32 Å². The predicted molar refractivity (Wildman–Crippen MR) is 82.6 cm³/mol. The summed E-state index contributed by atoms with van der Waals surface area (Å²) in [6.07, 6.45) is 4.83. The van der Waals surface area contributed by atoms with Crippen molar-refractivity contribution in [3.63, 3.8) is 0 Å². The molecule has 0 saturated carbocycles. The first-order chi connectivity index (χ1) is 8.91. The largest absolute Gasteiger partial charge is 0.444 e. The minimum atomic E-state index is -0.681. The maximum atomic E-state index is 10.8. The van der Waals surface area contributed by atoms with E-state index in [1.54, 1.807) is 0 Å². The molecule has 4 heteroatoms. The van der Waals surface area contributed by atoms with E-state index in [4.69, 9.17) is 10.5 Å². The fraction of sp³-hybridized carbons (Fsp3) is 0.938. The molecule has 4 nitrogen and oxygen atoms in total. The average molecular weight is 284 g/mol. The monoisotopic (exact) mass is 284 g/mol. The molecule has 1 aliphatic rings. The van der Waals surface area contributed by atoms with Crippen LogP contribution in [-0.4, -0.2) is 22.8 Å². The molecular formula is C16H32N2O2. The lowest BCUT2D eigenvalue weighted by Gasteiger charge is -2.46. The molecule has 0 radical (unpaired) electrons. The quantitative estimate of drug-likeness (QED) is 0.811. The second-order valence-electron chi connectivity index (χ2n) is 8.24. The van der Waals surface area contributed by atoms with Gasteiger partial charge < -0.3 is 15.8 Å². The van der Waals surface area contributed by atoms with Crippen molar-refractivity contribution in [2.24, 2.45) is 11.7 Å². The summed E-state index contributed by atoms with van der Waals surface area (Å²) in [5.41, 5.74) is 5.04. The Morgan fingerprint density at radius 2 is 1.75 bits per heavy atom. The Hall–Kier alpha value is -0.770. The molecule has 0 aromatic rings. The van der Waals surface area contributed by atoms with Crippen LogP contribution in [0.5, 0.6) is 0 Å². The van der Waals surface area contributed by atoms with Gasteiger partial charge in [-0.25, -0.2) is 4.79 Å². The topological polar surface area (TPSA) is 64.3 Å². The van der Waals surface area contributed by atoms with E-state index in [0.717, 1.165) is 18.8 Å². The van der Waals surface area contributed by atoms with Crippen molar-refractivity contribution in [1.29, 1.82) is 0 Å². The summed E-state index contributed by atoms with van der Waals surface area (Å²) in [5.74, 6) is 0.727. The molecule has 1 aliphatic heterocycles. The van der Waals surface area contributed by atoms with E-state index in [0.29, 0.717) is 0 Å². The normalized spacial score (nSPS) is 22.5. The summed E-state index contributed by atoms with van der Waals surface area (Å²) in [6, 6.07) is 0. The van der Waals surface area contributed by atoms with Crippen LogP contribution in [0, 0.1) is 5.92 Å². The van der Waals surface area contributed by atoms with Gasteiger partial charge in [-0.05, 0) is 73.1 Å². The van der Waals surface area contributed by atoms with Crippen LogP contribution in [0.4, 0.5) is 4.79 Å². The number of rotatable bonds is 5. The smallest absolute Gasteiger partial charge is 0.405 e. The molecule has 1 amide bonds. The highest BCUT2D eigenvalue weighted by Crippen LogP contribution is 2.36. The Morgan fingerprint density at radius 3 is 2.20 bits per heavy atom. The van der Waals surface area contributed by atoms with Crippen molar-refractivity contribution >= 4 is 6.09 Å². The molecule has 0 aromatic heterocycles. The van der Waals surface area contributed by atoms with E-state index in [1.165, 1.54) is 19.3 Å². The van der Waals surface area contributed by atoms with Gasteiger partial charge in [0.2, 0.25) is 0 Å². The SMILES string of the molecule is CC1(C)CC(CCCC(C)(C)OC(N)=O)CC(C)(C)N1. The highest BCUT2D eigenvalue weighted by Gasteiger charge is 2.37. The molecular weight excluding hydrogens is 252 g/mol. The van der Waals surface area contributed by atoms with Gasteiger partial charge in [-0.15, -0.1) is 0 Å². The lowest BCUT2D eigenvalue weighted by molar-refractivity contribution is 0.0345. The van der Waals surface area contributed by atoms with Crippen LogP contribution >= 0.6 is 0 Å². The fourth-order valence-electron chi connectivity index (χ4n) is 3.88. The van der Waals surface area contributed by atoms with Crippen molar-refractivity contribution in [3.8, 4) is 0 Å². The number of piperidine rings is 1. The number of hydrogen-bond acceptors (Lipinski definition) is 3. The Morgan fingerprint density at radius 1 is 1.25 bits per heavy atom. The molecule has 0 atom stereocenters. The summed E-state index contributed by atoms with van der Waals surface area (Å²) in [7, 11) is 0. The number of hydrogen-bond donors (Lipinski definition) is 2. The zero-order valence-corrected chi connectivity index (χ0v) is 14.0. The summed E-state index contributed by atoms with van der Waals surface area (Å²) in [5, 5.41) is 3.71. The summed E-state index contributed by atoms with van der Waals surface area (Å²) in [6.45, 7) is 13.0. The van der Waals surface area contributed by atoms with Crippen molar-refractivity contribution in [3.05, 3.63) is 0 Å². The zero-order valence-electron chi connectivity index (χ0n) is 14.0. The van der Waals surface area contributed by atoms with Crippen molar-refractivity contribution < 1.29 is 9.53 Å². The van der Waals surface area contributed by atoms with E-state index < -0.39 is 11.7 Å². The molecule has 3 N–H and O–H groups in total. The van der Waals surface area contributed by atoms with Crippen LogP contribution in [0.2, 0.25) is 0 Å². The Bertz CT molecular complexity index is 332. The molecule has 1 rings (SSSR count). The van der Waals surface area contributed by atoms with Crippen LogP contribution in [0.15, 0.2) is 0 Å². The second kappa shape index (κ2) is 5.92. The Kier molecular flexibility index (Phi) is 5.12. The molecule has 0 unspecified atom stereocenters. The first-order valence-corrected chi connectivity index (χ1v) is 7.69. The highest BCUT2D eigenvalue weighted by molar-refractivity contribution is 5.65. The number of nitrogens with two attached hydrogens (primary N) is 1. The molecule has 0 spiro atoms. The second-order valence-corrected chi connectivity index (χ2v) is 8.24. The molecule has 1 fully saturated rings. The Labute approximate surface area is 123 Å². The molecule has 0 bridgehead atoms. The number of carbonyl (C=O) groups excluding carboxylic acids is 1. The van der Waals surface area contributed by atoms with Crippen molar-refractivity contribution in [2.45, 2.75) is 90.3 Å². The van der Waals surface area contributed by atoms with E-state index in [1.807, 2.05) is 13.8 Å². The van der Waals surface area contributed by atoms with Gasteiger partial charge in [0, 0.05) is 11.1 Å². The molecule has 0 aromatic carbocycles. The summed E-state index contributed by atoms with van der Waals surface area (Å²) < 4.78 is 5.14. The summed E-state index contributed by atoms with van der Waals surface area (Å²) in [4.78, 5) is 10.8. The molecule has 118 valence electrons. The third kappa shape index (κ3) is 6.12. The minimum Gasteiger partial charge on any atom is -0.444 e. The average Bonchev–Trinajstić information content (AvgIpc) is 2.08. The molecule has 20 heavy (non-hydrogen) atoms. The third-order valence-corrected chi connectivity index (χ3v) is 4.04. The Balaban J connectivity index is 2.43. The lowest BCUT2D eigenvalue weighted by Crippen LogP contribution is -2.57. The number of primary amides is 1. The van der Waals surface area contributed by atoms with E-state index in [-0.39, 0.29) is 11.1 Å². The van der Waals surface area contributed by atoms with Gasteiger partial charge in [0.15, 0.2) is 0 Å². The fourth-order valence-corrected chi connectivity index (χ4v) is 3.88. The van der Waals surface area contributed by atoms with Crippen LogP contribution in [0.1, 0.15) is 73.6 Å². The highest BCUT2D eigenvalue weighted by atomic mass is 16.6. The maximum absolute atomic E-state index is 10.8. The number of carbonyl (C=O) groups is 1. The number of nitrogens with one attached hydrogen (secondary N) is 1. The third-order valence-electron chi connectivity index (χ3n) is 4.04. The molecule has 1 saturated heterocycles. The van der Waals surface area contributed by atoms with E-state index in [9.17, 15) is 4.79 Å². The van der Waals surface area contributed by atoms with Gasteiger partial charge in [0.25, 0.3) is 0 Å². The zero-order chi connectivity index (χ0) is 15.6. The van der Waals surface area contributed by atoms with Gasteiger partial charge in [-0.2, -0.15) is 0 Å². The standard InChI is InChI=1S/C16H32N2O2/c1-14(2)10-12(11-15(3,4)18-14)8-7-9-16(5,6)20-13(17)19/h12,18H,7-11H2,1-6H3,(H2,17,19).